The van der Waals surface area contributed by atoms with Gasteiger partial charge in [0.05, 0.1) is 19.2 Å². The van der Waals surface area contributed by atoms with Gasteiger partial charge in [-0.2, -0.15) is 5.10 Å². The van der Waals surface area contributed by atoms with Crippen LogP contribution in [0.25, 0.3) is 0 Å². The van der Waals surface area contributed by atoms with Crippen molar-refractivity contribution in [1.82, 2.24) is 5.43 Å². The largest absolute Gasteiger partial charge is 0.495 e. The Morgan fingerprint density at radius 3 is 2.37 bits per heavy atom. The molecule has 0 saturated carbocycles. The fourth-order valence-electron chi connectivity index (χ4n) is 2.45. The minimum absolute atomic E-state index is 0.0291. The quantitative estimate of drug-likeness (QED) is 0.553. The van der Waals surface area contributed by atoms with Crippen LogP contribution in [0.4, 0.5) is 5.69 Å². The first-order valence-electron chi connectivity index (χ1n) is 8.38. The molecule has 0 aromatic heterocycles. The van der Waals surface area contributed by atoms with Crippen molar-refractivity contribution in [3.05, 3.63) is 60.2 Å². The summed E-state index contributed by atoms with van der Waals surface area (Å²) >= 11 is 0. The van der Waals surface area contributed by atoms with Gasteiger partial charge < -0.3 is 14.8 Å². The maximum Gasteiger partial charge on any atom is 0.273 e. The molecule has 0 fully saturated rings. The normalized spacial score (nSPS) is 12.2. The van der Waals surface area contributed by atoms with E-state index in [1.54, 1.807) is 37.3 Å². The number of amides is 2. The number of methoxy groups -OCH3 is 2. The van der Waals surface area contributed by atoms with Crippen LogP contribution in [0.2, 0.25) is 0 Å². The van der Waals surface area contributed by atoms with E-state index in [4.69, 9.17) is 9.47 Å². The Hall–Kier alpha value is -3.19. The van der Waals surface area contributed by atoms with Crippen molar-refractivity contribution in [3.63, 3.8) is 0 Å². The average molecular weight is 369 g/mol. The molecule has 7 nitrogen and oxygen atoms in total. The highest BCUT2D eigenvalue weighted by molar-refractivity contribution is 6.06. The van der Waals surface area contributed by atoms with Gasteiger partial charge in [-0.3, -0.25) is 9.59 Å². The molecule has 1 unspecified atom stereocenters. The molecule has 27 heavy (non-hydrogen) atoms. The minimum atomic E-state index is -0.773. The fourth-order valence-corrected chi connectivity index (χ4v) is 2.45. The number of para-hydroxylation sites is 2. The monoisotopic (exact) mass is 369 g/mol. The molecule has 0 radical (unpaired) electrons. The average Bonchev–Trinajstić information content (AvgIpc) is 2.68. The molecule has 0 bridgehead atoms. The van der Waals surface area contributed by atoms with E-state index in [0.717, 1.165) is 5.56 Å². The Morgan fingerprint density at radius 1 is 1.04 bits per heavy atom. The topological polar surface area (TPSA) is 89.0 Å². The first kappa shape index (κ1) is 20.1. The number of hydrazone groups is 1. The summed E-state index contributed by atoms with van der Waals surface area (Å²) in [6.07, 6.45) is -0.744. The van der Waals surface area contributed by atoms with Gasteiger partial charge in [0.25, 0.3) is 5.91 Å². The van der Waals surface area contributed by atoms with E-state index in [9.17, 15) is 9.59 Å². The summed E-state index contributed by atoms with van der Waals surface area (Å²) in [5.41, 5.74) is 4.20. The molecule has 2 N–H and O–H groups in total. The number of nitrogens with zero attached hydrogens (tertiary/aromatic N) is 1. The number of rotatable bonds is 8. The first-order chi connectivity index (χ1) is 13.0. The number of hydrogen-bond acceptors (Lipinski definition) is 5. The predicted molar refractivity (Wildman–Crippen MR) is 104 cm³/mol. The van der Waals surface area contributed by atoms with Gasteiger partial charge in [0.2, 0.25) is 5.91 Å². The summed E-state index contributed by atoms with van der Waals surface area (Å²) in [5, 5.41) is 6.75. The first-order valence-corrected chi connectivity index (χ1v) is 8.38. The lowest BCUT2D eigenvalue weighted by Crippen LogP contribution is -2.28. The van der Waals surface area contributed by atoms with Crippen molar-refractivity contribution in [1.29, 1.82) is 0 Å². The van der Waals surface area contributed by atoms with Crippen LogP contribution in [0.5, 0.6) is 5.75 Å². The molecular formula is C20H23N3O4. The third-order valence-corrected chi connectivity index (χ3v) is 3.73. The Balaban J connectivity index is 1.93. The summed E-state index contributed by atoms with van der Waals surface area (Å²) in [6.45, 7) is 1.66. The van der Waals surface area contributed by atoms with Crippen molar-refractivity contribution in [2.24, 2.45) is 5.10 Å². The van der Waals surface area contributed by atoms with Crippen molar-refractivity contribution < 1.29 is 19.1 Å². The van der Waals surface area contributed by atoms with E-state index in [1.165, 1.54) is 14.2 Å². The SMILES string of the molecule is COc1ccccc1NC(=O)C/C(C)=N/NC(=O)C(OC)c1ccccc1. The van der Waals surface area contributed by atoms with Gasteiger partial charge in [-0.1, -0.05) is 42.5 Å². The van der Waals surface area contributed by atoms with E-state index in [0.29, 0.717) is 17.1 Å². The number of ether oxygens (including phenoxy) is 2. The van der Waals surface area contributed by atoms with Crippen LogP contribution in [0.3, 0.4) is 0 Å². The fraction of sp³-hybridized carbons (Fsp3) is 0.250. The van der Waals surface area contributed by atoms with Crippen LogP contribution in [0.15, 0.2) is 59.7 Å². The molecule has 0 spiro atoms. The van der Waals surface area contributed by atoms with E-state index in [2.05, 4.69) is 15.8 Å². The maximum atomic E-state index is 12.3. The molecule has 0 aliphatic carbocycles. The highest BCUT2D eigenvalue weighted by Crippen LogP contribution is 2.23. The molecule has 2 rings (SSSR count). The smallest absolute Gasteiger partial charge is 0.273 e. The molecule has 142 valence electrons. The number of carbonyl (C=O) groups is 2. The van der Waals surface area contributed by atoms with Gasteiger partial charge in [0.15, 0.2) is 6.10 Å². The summed E-state index contributed by atoms with van der Waals surface area (Å²) in [5.74, 6) is -0.103. The molecule has 2 aromatic carbocycles. The zero-order chi connectivity index (χ0) is 19.6. The molecule has 0 heterocycles. The van der Waals surface area contributed by atoms with E-state index >= 15 is 0 Å². The second kappa shape index (κ2) is 10.1. The van der Waals surface area contributed by atoms with Gasteiger partial charge in [-0.15, -0.1) is 0 Å². The highest BCUT2D eigenvalue weighted by atomic mass is 16.5. The Bertz CT molecular complexity index is 806. The van der Waals surface area contributed by atoms with Crippen LogP contribution in [-0.2, 0) is 14.3 Å². The summed E-state index contributed by atoms with van der Waals surface area (Å²) in [6, 6.07) is 16.2. The molecule has 0 aliphatic rings. The molecule has 7 heteroatoms. The Labute approximate surface area is 158 Å². The van der Waals surface area contributed by atoms with Gasteiger partial charge in [0, 0.05) is 12.8 Å². The van der Waals surface area contributed by atoms with Crippen molar-refractivity contribution in [3.8, 4) is 5.75 Å². The molecule has 2 aromatic rings. The number of hydrogen-bond donors (Lipinski definition) is 2. The zero-order valence-corrected chi connectivity index (χ0v) is 15.6. The highest BCUT2D eigenvalue weighted by Gasteiger charge is 2.19. The van der Waals surface area contributed by atoms with E-state index in [-0.39, 0.29) is 12.3 Å². The van der Waals surface area contributed by atoms with Crippen LogP contribution in [0.1, 0.15) is 25.0 Å². The number of benzene rings is 2. The third kappa shape index (κ3) is 5.93. The lowest BCUT2D eigenvalue weighted by Gasteiger charge is -2.14. The molecular weight excluding hydrogens is 346 g/mol. The lowest BCUT2D eigenvalue weighted by atomic mass is 10.1. The summed E-state index contributed by atoms with van der Waals surface area (Å²) in [4.78, 5) is 24.4. The van der Waals surface area contributed by atoms with Crippen molar-refractivity contribution in [2.75, 3.05) is 19.5 Å². The number of carbonyl (C=O) groups excluding carboxylic acids is 2. The Kier molecular flexibility index (Phi) is 7.51. The molecule has 0 aliphatic heterocycles. The summed E-state index contributed by atoms with van der Waals surface area (Å²) in [7, 11) is 2.99. The van der Waals surface area contributed by atoms with Crippen LogP contribution >= 0.6 is 0 Å². The lowest BCUT2D eigenvalue weighted by molar-refractivity contribution is -0.131. The van der Waals surface area contributed by atoms with E-state index < -0.39 is 12.0 Å². The predicted octanol–water partition coefficient (Wildman–Crippen LogP) is 2.90. The standard InChI is InChI=1S/C20H23N3O4/c1-14(13-18(24)21-16-11-7-8-12-17(16)26-2)22-23-20(25)19(27-3)15-9-5-4-6-10-15/h4-12,19H,13H2,1-3H3,(H,21,24)(H,23,25)/b22-14+. The van der Waals surface area contributed by atoms with Crippen LogP contribution < -0.4 is 15.5 Å². The minimum Gasteiger partial charge on any atom is -0.495 e. The molecule has 2 amide bonds. The Morgan fingerprint density at radius 2 is 1.70 bits per heavy atom. The van der Waals surface area contributed by atoms with E-state index in [1.807, 2.05) is 24.3 Å². The van der Waals surface area contributed by atoms with Crippen molar-refractivity contribution >= 4 is 23.2 Å². The van der Waals surface area contributed by atoms with Gasteiger partial charge in [-0.05, 0) is 24.6 Å². The third-order valence-electron chi connectivity index (χ3n) is 3.73. The second-order valence-electron chi connectivity index (χ2n) is 5.77. The second-order valence-corrected chi connectivity index (χ2v) is 5.77. The number of anilines is 1. The summed E-state index contributed by atoms with van der Waals surface area (Å²) < 4.78 is 10.4. The maximum absolute atomic E-state index is 12.3. The van der Waals surface area contributed by atoms with Crippen LogP contribution in [0, 0.1) is 0 Å². The molecule has 1 atom stereocenters. The van der Waals surface area contributed by atoms with Crippen molar-refractivity contribution in [2.45, 2.75) is 19.4 Å². The number of nitrogens with one attached hydrogen (secondary N) is 2. The molecule has 0 saturated heterocycles. The van der Waals surface area contributed by atoms with Gasteiger partial charge in [-0.25, -0.2) is 5.43 Å². The zero-order valence-electron chi connectivity index (χ0n) is 15.6. The van der Waals surface area contributed by atoms with Crippen LogP contribution in [-0.4, -0.2) is 31.7 Å². The van der Waals surface area contributed by atoms with Gasteiger partial charge >= 0.3 is 0 Å². The van der Waals surface area contributed by atoms with Gasteiger partial charge in [0.1, 0.15) is 5.75 Å².